The van der Waals surface area contributed by atoms with E-state index >= 15 is 0 Å². The van der Waals surface area contributed by atoms with Crippen LogP contribution >= 0.6 is 0 Å². The largest absolute Gasteiger partial charge is 0.462 e. The summed E-state index contributed by atoms with van der Waals surface area (Å²) in [7, 11) is -4.35. The molecule has 0 aliphatic rings. The lowest BCUT2D eigenvalue weighted by molar-refractivity contribution is 0.0525. The number of carbonyl (C=O) groups is 1. The maximum atomic E-state index is 14.4. The average Bonchev–Trinajstić information content (AvgIpc) is 3.04. The Morgan fingerprint density at radius 2 is 2.14 bits per heavy atom. The van der Waals surface area contributed by atoms with Gasteiger partial charge in [-0.25, -0.2) is 22.6 Å². The molecule has 2 aromatic heterocycles. The third-order valence-corrected chi connectivity index (χ3v) is 5.08. The number of sulfonamides is 1. The van der Waals surface area contributed by atoms with Crippen LogP contribution in [-0.4, -0.2) is 35.6 Å². The number of benzene rings is 1. The summed E-state index contributed by atoms with van der Waals surface area (Å²) in [5.74, 6) is -1.89. The predicted octanol–water partition coefficient (Wildman–Crippen LogP) is 2.03. The van der Waals surface area contributed by atoms with Crippen LogP contribution in [0.4, 0.5) is 10.2 Å². The van der Waals surface area contributed by atoms with Crippen molar-refractivity contribution in [3.8, 4) is 6.07 Å². The molecule has 28 heavy (non-hydrogen) atoms. The van der Waals surface area contributed by atoms with Gasteiger partial charge in [-0.3, -0.25) is 4.72 Å². The Hall–Kier alpha value is -3.52. The van der Waals surface area contributed by atoms with E-state index in [0.29, 0.717) is 5.69 Å². The van der Waals surface area contributed by atoms with Crippen LogP contribution in [0.2, 0.25) is 0 Å². The Kier molecular flexibility index (Phi) is 4.98. The molecule has 9 nitrogen and oxygen atoms in total. The number of anilines is 1. The Labute approximate surface area is 159 Å². The Morgan fingerprint density at radius 3 is 2.79 bits per heavy atom. The second-order valence-corrected chi connectivity index (χ2v) is 7.31. The summed E-state index contributed by atoms with van der Waals surface area (Å²) in [5, 5.41) is 13.0. The van der Waals surface area contributed by atoms with Crippen LogP contribution in [0.5, 0.6) is 0 Å². The molecule has 0 radical (unpaired) electrons. The molecule has 1 N–H and O–H groups in total. The second kappa shape index (κ2) is 7.24. The molecule has 2 heterocycles. The lowest BCUT2D eigenvalue weighted by atomic mass is 10.2. The van der Waals surface area contributed by atoms with Crippen LogP contribution in [0.15, 0.2) is 35.4 Å². The summed E-state index contributed by atoms with van der Waals surface area (Å²) >= 11 is 0. The van der Waals surface area contributed by atoms with E-state index in [9.17, 15) is 17.6 Å². The fourth-order valence-electron chi connectivity index (χ4n) is 2.49. The van der Waals surface area contributed by atoms with Crippen molar-refractivity contribution >= 4 is 27.5 Å². The first-order chi connectivity index (χ1) is 13.3. The van der Waals surface area contributed by atoms with Gasteiger partial charge in [-0.05, 0) is 32.0 Å². The maximum Gasteiger partial charge on any atom is 0.338 e. The van der Waals surface area contributed by atoms with Crippen LogP contribution in [0.25, 0.3) is 5.65 Å². The number of esters is 1. The molecule has 144 valence electrons. The van der Waals surface area contributed by atoms with E-state index in [1.807, 2.05) is 6.07 Å². The van der Waals surface area contributed by atoms with Gasteiger partial charge in [0.1, 0.15) is 28.2 Å². The van der Waals surface area contributed by atoms with Gasteiger partial charge in [0, 0.05) is 11.8 Å². The van der Waals surface area contributed by atoms with Gasteiger partial charge in [-0.2, -0.15) is 14.9 Å². The first kappa shape index (κ1) is 19.2. The van der Waals surface area contributed by atoms with Crippen molar-refractivity contribution in [3.05, 3.63) is 53.1 Å². The molecule has 1 aromatic carbocycles. The van der Waals surface area contributed by atoms with Gasteiger partial charge < -0.3 is 4.74 Å². The Morgan fingerprint density at radius 1 is 1.39 bits per heavy atom. The molecule has 0 atom stereocenters. The van der Waals surface area contributed by atoms with E-state index in [2.05, 4.69) is 14.8 Å². The van der Waals surface area contributed by atoms with Gasteiger partial charge in [0.15, 0.2) is 5.65 Å². The number of aryl methyl sites for hydroxylation is 1. The highest BCUT2D eigenvalue weighted by molar-refractivity contribution is 7.92. The SMILES string of the molecule is CCOC(=O)c1ccc(S(=O)(=O)Nc2cc(C)nc3c(C#N)cnn23)c(F)c1. The molecule has 3 rings (SSSR count). The number of fused-ring (bicyclic) bond motifs is 1. The second-order valence-electron chi connectivity index (χ2n) is 5.66. The minimum Gasteiger partial charge on any atom is -0.462 e. The fraction of sp³-hybridized carbons (Fsp3) is 0.176. The number of halogens is 1. The summed E-state index contributed by atoms with van der Waals surface area (Å²) in [6, 6.07) is 6.22. The molecule has 0 bridgehead atoms. The van der Waals surface area contributed by atoms with E-state index in [1.54, 1.807) is 13.8 Å². The lowest BCUT2D eigenvalue weighted by Crippen LogP contribution is -2.18. The van der Waals surface area contributed by atoms with Crippen LogP contribution in [-0.2, 0) is 14.8 Å². The quantitative estimate of drug-likeness (QED) is 0.646. The van der Waals surface area contributed by atoms with E-state index in [1.165, 1.54) is 12.3 Å². The number of ether oxygens (including phenoxy) is 1. The average molecular weight is 403 g/mol. The van der Waals surface area contributed by atoms with Gasteiger partial charge in [0.05, 0.1) is 18.4 Å². The van der Waals surface area contributed by atoms with Crippen LogP contribution in [0.1, 0.15) is 28.5 Å². The molecule has 0 aliphatic carbocycles. The predicted molar refractivity (Wildman–Crippen MR) is 95.6 cm³/mol. The molecule has 0 spiro atoms. The number of aromatic nitrogens is 3. The highest BCUT2D eigenvalue weighted by Crippen LogP contribution is 2.22. The van der Waals surface area contributed by atoms with E-state index < -0.39 is 26.7 Å². The minimum atomic E-state index is -4.35. The summed E-state index contributed by atoms with van der Waals surface area (Å²) in [6.45, 7) is 3.32. The smallest absolute Gasteiger partial charge is 0.338 e. The first-order valence-corrected chi connectivity index (χ1v) is 9.50. The molecule has 0 aliphatic heterocycles. The van der Waals surface area contributed by atoms with E-state index in [-0.39, 0.29) is 29.2 Å². The van der Waals surface area contributed by atoms with Crippen molar-refractivity contribution in [1.29, 1.82) is 5.26 Å². The Bertz CT molecular complexity index is 1230. The molecule has 11 heteroatoms. The van der Waals surface area contributed by atoms with Gasteiger partial charge in [-0.1, -0.05) is 0 Å². The number of hydrogen-bond acceptors (Lipinski definition) is 7. The molecule has 0 saturated carbocycles. The zero-order chi connectivity index (χ0) is 20.5. The molecular weight excluding hydrogens is 389 g/mol. The third kappa shape index (κ3) is 3.49. The van der Waals surface area contributed by atoms with Crippen molar-refractivity contribution in [3.63, 3.8) is 0 Å². The summed E-state index contributed by atoms with van der Waals surface area (Å²) in [5.41, 5.74) is 0.652. The van der Waals surface area contributed by atoms with Crippen LogP contribution < -0.4 is 4.72 Å². The molecule has 0 unspecified atom stereocenters. The Balaban J connectivity index is 2.01. The van der Waals surface area contributed by atoms with E-state index in [0.717, 1.165) is 22.7 Å². The number of carbonyl (C=O) groups excluding carboxylic acids is 1. The zero-order valence-electron chi connectivity index (χ0n) is 14.8. The van der Waals surface area contributed by atoms with Crippen LogP contribution in [0, 0.1) is 24.1 Å². The number of nitrogens with zero attached hydrogens (tertiary/aromatic N) is 4. The first-order valence-electron chi connectivity index (χ1n) is 8.01. The van der Waals surface area contributed by atoms with Crippen molar-refractivity contribution in [2.75, 3.05) is 11.3 Å². The summed E-state index contributed by atoms with van der Waals surface area (Å²) in [4.78, 5) is 15.2. The highest BCUT2D eigenvalue weighted by Gasteiger charge is 2.23. The van der Waals surface area contributed by atoms with Gasteiger partial charge in [0.2, 0.25) is 0 Å². The van der Waals surface area contributed by atoms with Crippen LogP contribution in [0.3, 0.4) is 0 Å². The number of hydrogen-bond donors (Lipinski definition) is 1. The standard InChI is InChI=1S/C17H14FN5O4S/c1-3-27-17(24)11-4-5-14(13(18)7-11)28(25,26)22-15-6-10(2)21-16-12(8-19)9-20-23(15)16/h4-7,9,22H,3H2,1-2H3. The normalized spacial score (nSPS) is 11.2. The van der Waals surface area contributed by atoms with Crippen molar-refractivity contribution in [1.82, 2.24) is 14.6 Å². The van der Waals surface area contributed by atoms with Crippen molar-refractivity contribution in [2.24, 2.45) is 0 Å². The molecular formula is C17H14FN5O4S. The topological polar surface area (TPSA) is 126 Å². The lowest BCUT2D eigenvalue weighted by Gasteiger charge is -2.11. The summed E-state index contributed by atoms with van der Waals surface area (Å²) in [6.07, 6.45) is 1.24. The molecule has 0 amide bonds. The summed E-state index contributed by atoms with van der Waals surface area (Å²) < 4.78 is 47.9. The maximum absolute atomic E-state index is 14.4. The highest BCUT2D eigenvalue weighted by atomic mass is 32.2. The van der Waals surface area contributed by atoms with Gasteiger partial charge in [0.25, 0.3) is 10.0 Å². The minimum absolute atomic E-state index is 0.0159. The number of nitriles is 1. The zero-order valence-corrected chi connectivity index (χ0v) is 15.6. The van der Waals surface area contributed by atoms with Gasteiger partial charge >= 0.3 is 5.97 Å². The molecule has 0 saturated heterocycles. The monoisotopic (exact) mass is 403 g/mol. The number of rotatable bonds is 5. The number of nitrogens with one attached hydrogen (secondary N) is 1. The van der Waals surface area contributed by atoms with Crippen molar-refractivity contribution in [2.45, 2.75) is 18.7 Å². The fourth-order valence-corrected chi connectivity index (χ4v) is 3.58. The van der Waals surface area contributed by atoms with E-state index in [4.69, 9.17) is 10.00 Å². The third-order valence-electron chi connectivity index (χ3n) is 3.69. The van der Waals surface area contributed by atoms with Gasteiger partial charge in [-0.15, -0.1) is 0 Å². The molecule has 0 fully saturated rings. The van der Waals surface area contributed by atoms with Crippen molar-refractivity contribution < 1.29 is 22.3 Å². The molecule has 3 aromatic rings.